The molecule has 0 spiro atoms. The lowest BCUT2D eigenvalue weighted by Crippen LogP contribution is -2.58. The van der Waals surface area contributed by atoms with Crippen molar-refractivity contribution >= 4 is 0 Å². The maximum atomic E-state index is 5.92. The molecule has 0 saturated heterocycles. The van der Waals surface area contributed by atoms with Gasteiger partial charge in [0.15, 0.2) is 0 Å². The summed E-state index contributed by atoms with van der Waals surface area (Å²) < 4.78 is 5.31. The zero-order valence-corrected chi connectivity index (χ0v) is 11.1. The number of nitrogens with one attached hydrogen (secondary N) is 1. The molecule has 16 heavy (non-hydrogen) atoms. The molecule has 96 valence electrons. The highest BCUT2D eigenvalue weighted by Crippen LogP contribution is 2.29. The van der Waals surface area contributed by atoms with Crippen LogP contribution in [-0.4, -0.2) is 32.3 Å². The lowest BCUT2D eigenvalue weighted by molar-refractivity contribution is 0.0808. The molecule has 0 aromatic rings. The first-order valence-corrected chi connectivity index (χ1v) is 6.58. The van der Waals surface area contributed by atoms with E-state index in [2.05, 4.69) is 19.2 Å². The highest BCUT2D eigenvalue weighted by molar-refractivity contribution is 4.92. The zero-order valence-electron chi connectivity index (χ0n) is 11.1. The van der Waals surface area contributed by atoms with Crippen molar-refractivity contribution in [3.63, 3.8) is 0 Å². The molecule has 1 unspecified atom stereocenters. The van der Waals surface area contributed by atoms with E-state index in [4.69, 9.17) is 10.5 Å². The Balaban J connectivity index is 2.35. The SMILES string of the molecule is COCC(CN)(NCCC1CCC1)C(C)C. The molecular formula is C13H28N2O. The number of hydrogen-bond acceptors (Lipinski definition) is 3. The monoisotopic (exact) mass is 228 g/mol. The van der Waals surface area contributed by atoms with Crippen molar-refractivity contribution < 1.29 is 4.74 Å². The summed E-state index contributed by atoms with van der Waals surface area (Å²) in [6, 6.07) is 0. The van der Waals surface area contributed by atoms with E-state index in [0.717, 1.165) is 12.5 Å². The molecule has 0 radical (unpaired) electrons. The van der Waals surface area contributed by atoms with Gasteiger partial charge in [-0.3, -0.25) is 0 Å². The molecule has 1 fully saturated rings. The topological polar surface area (TPSA) is 47.3 Å². The Morgan fingerprint density at radius 1 is 1.44 bits per heavy atom. The van der Waals surface area contributed by atoms with Gasteiger partial charge in [0.2, 0.25) is 0 Å². The minimum atomic E-state index is -0.0432. The average molecular weight is 228 g/mol. The molecule has 1 saturated carbocycles. The molecule has 0 aromatic heterocycles. The van der Waals surface area contributed by atoms with Crippen LogP contribution in [-0.2, 0) is 4.74 Å². The van der Waals surface area contributed by atoms with E-state index in [9.17, 15) is 0 Å². The van der Waals surface area contributed by atoms with Gasteiger partial charge in [0.25, 0.3) is 0 Å². The fourth-order valence-electron chi connectivity index (χ4n) is 2.35. The van der Waals surface area contributed by atoms with Gasteiger partial charge in [0.1, 0.15) is 0 Å². The number of nitrogens with two attached hydrogens (primary N) is 1. The standard InChI is InChI=1S/C13H28N2O/c1-11(2)13(9-14,10-16-3)15-8-7-12-5-4-6-12/h11-12,15H,4-10,14H2,1-3H3. The van der Waals surface area contributed by atoms with E-state index in [1.54, 1.807) is 7.11 Å². The molecule has 1 aliphatic rings. The molecule has 3 nitrogen and oxygen atoms in total. The smallest absolute Gasteiger partial charge is 0.0659 e. The van der Waals surface area contributed by atoms with Crippen molar-refractivity contribution in [3.8, 4) is 0 Å². The summed E-state index contributed by atoms with van der Waals surface area (Å²) in [5, 5.41) is 3.63. The van der Waals surface area contributed by atoms with Gasteiger partial charge < -0.3 is 15.8 Å². The van der Waals surface area contributed by atoms with Crippen LogP contribution in [0.1, 0.15) is 39.5 Å². The van der Waals surface area contributed by atoms with Crippen molar-refractivity contribution in [1.82, 2.24) is 5.32 Å². The molecule has 0 amide bonds. The lowest BCUT2D eigenvalue weighted by Gasteiger charge is -2.38. The van der Waals surface area contributed by atoms with Gasteiger partial charge in [-0.25, -0.2) is 0 Å². The molecular weight excluding hydrogens is 200 g/mol. The summed E-state index contributed by atoms with van der Waals surface area (Å²) in [5.74, 6) is 1.46. The van der Waals surface area contributed by atoms with Gasteiger partial charge in [-0.05, 0) is 24.8 Å². The first-order valence-electron chi connectivity index (χ1n) is 6.58. The first-order chi connectivity index (χ1) is 7.64. The van der Waals surface area contributed by atoms with Crippen molar-refractivity contribution in [3.05, 3.63) is 0 Å². The highest BCUT2D eigenvalue weighted by Gasteiger charge is 2.32. The van der Waals surface area contributed by atoms with Gasteiger partial charge in [-0.2, -0.15) is 0 Å². The summed E-state index contributed by atoms with van der Waals surface area (Å²) in [4.78, 5) is 0. The number of hydrogen-bond donors (Lipinski definition) is 2. The highest BCUT2D eigenvalue weighted by atomic mass is 16.5. The average Bonchev–Trinajstić information content (AvgIpc) is 2.19. The van der Waals surface area contributed by atoms with Crippen LogP contribution in [0.4, 0.5) is 0 Å². The molecule has 0 aromatic carbocycles. The minimum absolute atomic E-state index is 0.0432. The summed E-state index contributed by atoms with van der Waals surface area (Å²) in [5.41, 5.74) is 5.87. The Kier molecular flexibility index (Phi) is 5.73. The van der Waals surface area contributed by atoms with Crippen molar-refractivity contribution in [2.45, 2.75) is 45.1 Å². The fraction of sp³-hybridized carbons (Fsp3) is 1.00. The fourth-order valence-corrected chi connectivity index (χ4v) is 2.35. The van der Waals surface area contributed by atoms with Crippen LogP contribution in [0.15, 0.2) is 0 Å². The largest absolute Gasteiger partial charge is 0.383 e. The third-order valence-corrected chi connectivity index (χ3v) is 4.13. The van der Waals surface area contributed by atoms with Crippen LogP contribution < -0.4 is 11.1 Å². The van der Waals surface area contributed by atoms with Crippen LogP contribution >= 0.6 is 0 Å². The molecule has 0 bridgehead atoms. The van der Waals surface area contributed by atoms with Gasteiger partial charge in [-0.15, -0.1) is 0 Å². The first kappa shape index (κ1) is 13.9. The Morgan fingerprint density at radius 2 is 2.12 bits per heavy atom. The number of ether oxygens (including phenoxy) is 1. The third-order valence-electron chi connectivity index (χ3n) is 4.13. The molecule has 1 aliphatic carbocycles. The predicted molar refractivity (Wildman–Crippen MR) is 68.5 cm³/mol. The molecule has 3 heteroatoms. The Morgan fingerprint density at radius 3 is 2.50 bits per heavy atom. The Labute approximate surface area is 100 Å². The van der Waals surface area contributed by atoms with Gasteiger partial charge >= 0.3 is 0 Å². The minimum Gasteiger partial charge on any atom is -0.383 e. The molecule has 0 heterocycles. The van der Waals surface area contributed by atoms with Crippen molar-refractivity contribution in [2.24, 2.45) is 17.6 Å². The van der Waals surface area contributed by atoms with Crippen LogP contribution in [0.2, 0.25) is 0 Å². The van der Waals surface area contributed by atoms with Crippen LogP contribution in [0.5, 0.6) is 0 Å². The Hall–Kier alpha value is -0.120. The Bertz CT molecular complexity index is 192. The summed E-state index contributed by atoms with van der Waals surface area (Å²) in [6.07, 6.45) is 5.56. The molecule has 0 aliphatic heterocycles. The van der Waals surface area contributed by atoms with Gasteiger partial charge in [-0.1, -0.05) is 33.1 Å². The zero-order chi connectivity index (χ0) is 12.0. The van der Waals surface area contributed by atoms with Crippen molar-refractivity contribution in [2.75, 3.05) is 26.8 Å². The second kappa shape index (κ2) is 6.58. The van der Waals surface area contributed by atoms with E-state index in [-0.39, 0.29) is 5.54 Å². The van der Waals surface area contributed by atoms with Crippen LogP contribution in [0.25, 0.3) is 0 Å². The van der Waals surface area contributed by atoms with Crippen LogP contribution in [0.3, 0.4) is 0 Å². The normalized spacial score (nSPS) is 20.8. The van der Waals surface area contributed by atoms with Gasteiger partial charge in [0.05, 0.1) is 12.1 Å². The molecule has 1 rings (SSSR count). The summed E-state index contributed by atoms with van der Waals surface area (Å²) in [6.45, 7) is 6.84. The third kappa shape index (κ3) is 3.44. The summed E-state index contributed by atoms with van der Waals surface area (Å²) >= 11 is 0. The maximum absolute atomic E-state index is 5.92. The van der Waals surface area contributed by atoms with Crippen molar-refractivity contribution in [1.29, 1.82) is 0 Å². The summed E-state index contributed by atoms with van der Waals surface area (Å²) in [7, 11) is 1.75. The predicted octanol–water partition coefficient (Wildman–Crippen LogP) is 1.77. The van der Waals surface area contributed by atoms with E-state index in [1.165, 1.54) is 25.7 Å². The second-order valence-electron chi connectivity index (χ2n) is 5.46. The molecule has 3 N–H and O–H groups in total. The van der Waals surface area contributed by atoms with E-state index >= 15 is 0 Å². The lowest BCUT2D eigenvalue weighted by atomic mass is 9.82. The second-order valence-corrected chi connectivity index (χ2v) is 5.46. The number of methoxy groups -OCH3 is 1. The maximum Gasteiger partial charge on any atom is 0.0659 e. The van der Waals surface area contributed by atoms with E-state index in [0.29, 0.717) is 19.1 Å². The molecule has 1 atom stereocenters. The van der Waals surface area contributed by atoms with Gasteiger partial charge in [0, 0.05) is 13.7 Å². The quantitative estimate of drug-likeness (QED) is 0.665. The van der Waals surface area contributed by atoms with E-state index in [1.807, 2.05) is 0 Å². The van der Waals surface area contributed by atoms with E-state index < -0.39 is 0 Å². The number of rotatable bonds is 8. The van der Waals surface area contributed by atoms with Crippen LogP contribution in [0, 0.1) is 11.8 Å².